The van der Waals surface area contributed by atoms with E-state index < -0.39 is 0 Å². The Morgan fingerprint density at radius 1 is 0.963 bits per heavy atom. The molecule has 0 bridgehead atoms. The van der Waals surface area contributed by atoms with E-state index in [1.54, 1.807) is 11.8 Å². The van der Waals surface area contributed by atoms with E-state index in [0.29, 0.717) is 0 Å². The molecule has 27 heavy (non-hydrogen) atoms. The number of fused-ring (bicyclic) bond motifs is 2. The molecule has 0 atom stereocenters. The van der Waals surface area contributed by atoms with Crippen molar-refractivity contribution in [2.45, 2.75) is 16.2 Å². The predicted molar refractivity (Wildman–Crippen MR) is 117 cm³/mol. The van der Waals surface area contributed by atoms with Gasteiger partial charge in [-0.3, -0.25) is 0 Å². The van der Waals surface area contributed by atoms with Crippen LogP contribution >= 0.6 is 36.6 Å². The van der Waals surface area contributed by atoms with E-state index in [9.17, 15) is 5.26 Å². The van der Waals surface area contributed by atoms with Gasteiger partial charge in [0.05, 0.1) is 23.0 Å². The van der Waals surface area contributed by atoms with E-state index in [-0.39, 0.29) is 24.8 Å². The third-order valence-electron chi connectivity index (χ3n) is 4.82. The fourth-order valence-electron chi connectivity index (χ4n) is 3.53. The van der Waals surface area contributed by atoms with Crippen LogP contribution in [0.25, 0.3) is 0 Å². The van der Waals surface area contributed by atoms with Crippen molar-refractivity contribution in [1.29, 1.82) is 5.26 Å². The number of hydrogen-bond donors (Lipinski definition) is 1. The van der Waals surface area contributed by atoms with Gasteiger partial charge in [-0.25, -0.2) is 0 Å². The van der Waals surface area contributed by atoms with E-state index in [4.69, 9.17) is 0 Å². The van der Waals surface area contributed by atoms with E-state index >= 15 is 0 Å². The summed E-state index contributed by atoms with van der Waals surface area (Å²) in [5.41, 5.74) is 3.16. The molecule has 0 amide bonds. The van der Waals surface area contributed by atoms with Crippen LogP contribution in [0.1, 0.15) is 12.0 Å². The molecule has 7 heteroatoms. The summed E-state index contributed by atoms with van der Waals surface area (Å²) in [6.07, 6.45) is 1.12. The monoisotopic (exact) mass is 422 g/mol. The van der Waals surface area contributed by atoms with E-state index in [0.717, 1.165) is 51.3 Å². The maximum absolute atomic E-state index is 9.28. The lowest BCUT2D eigenvalue weighted by atomic mass is 10.1. The Morgan fingerprint density at radius 3 is 2.48 bits per heavy atom. The van der Waals surface area contributed by atoms with E-state index in [1.807, 2.05) is 12.1 Å². The first-order valence-corrected chi connectivity index (χ1v) is 9.68. The molecule has 0 unspecified atom stereocenters. The summed E-state index contributed by atoms with van der Waals surface area (Å²) in [5.74, 6) is 0. The van der Waals surface area contributed by atoms with Crippen molar-refractivity contribution in [2.75, 3.05) is 44.2 Å². The molecule has 1 saturated heterocycles. The van der Waals surface area contributed by atoms with Gasteiger partial charge < -0.3 is 15.1 Å². The topological polar surface area (TPSA) is 42.3 Å². The number of halogens is 2. The smallest absolute Gasteiger partial charge is 0.0992 e. The Hall–Kier alpha value is -1.42. The van der Waals surface area contributed by atoms with Crippen LogP contribution in [0.15, 0.2) is 52.3 Å². The average Bonchev–Trinajstić information content (AvgIpc) is 2.68. The van der Waals surface area contributed by atoms with Crippen molar-refractivity contribution >= 4 is 48.0 Å². The van der Waals surface area contributed by atoms with Gasteiger partial charge in [0, 0.05) is 42.5 Å². The number of benzene rings is 2. The quantitative estimate of drug-likeness (QED) is 0.794. The number of hydrogen-bond acceptors (Lipinski definition) is 5. The van der Waals surface area contributed by atoms with E-state index in [2.05, 4.69) is 51.5 Å². The molecule has 4 nitrogen and oxygen atoms in total. The molecule has 0 aromatic heterocycles. The first kappa shape index (κ1) is 21.9. The molecule has 0 radical (unpaired) electrons. The van der Waals surface area contributed by atoms with Crippen LogP contribution in [-0.4, -0.2) is 44.2 Å². The van der Waals surface area contributed by atoms with Crippen molar-refractivity contribution < 1.29 is 0 Å². The lowest BCUT2D eigenvalue weighted by molar-refractivity contribution is 0.239. The zero-order valence-corrected chi connectivity index (χ0v) is 17.5. The molecule has 144 valence electrons. The normalized spacial score (nSPS) is 15.6. The largest absolute Gasteiger partial charge is 0.340 e. The molecule has 0 saturated carbocycles. The average molecular weight is 423 g/mol. The van der Waals surface area contributed by atoms with Crippen LogP contribution < -0.4 is 10.2 Å². The van der Waals surface area contributed by atoms with Crippen molar-refractivity contribution in [3.63, 3.8) is 0 Å². The summed E-state index contributed by atoms with van der Waals surface area (Å²) in [7, 11) is 0. The molecule has 2 aliphatic heterocycles. The van der Waals surface area contributed by atoms with Gasteiger partial charge in [0.25, 0.3) is 0 Å². The van der Waals surface area contributed by atoms with Crippen molar-refractivity contribution in [3.05, 3.63) is 48.0 Å². The summed E-state index contributed by atoms with van der Waals surface area (Å²) in [5, 5.41) is 12.7. The molecule has 0 aliphatic carbocycles. The third kappa shape index (κ3) is 4.90. The van der Waals surface area contributed by atoms with Crippen LogP contribution in [0.3, 0.4) is 0 Å². The predicted octanol–water partition coefficient (Wildman–Crippen LogP) is 4.30. The van der Waals surface area contributed by atoms with Gasteiger partial charge in [-0.2, -0.15) is 5.26 Å². The summed E-state index contributed by atoms with van der Waals surface area (Å²) < 4.78 is 0. The van der Waals surface area contributed by atoms with Crippen molar-refractivity contribution in [2.24, 2.45) is 0 Å². The Balaban J connectivity index is 0.00000131. The van der Waals surface area contributed by atoms with Crippen LogP contribution in [0.2, 0.25) is 0 Å². The second-order valence-corrected chi connectivity index (χ2v) is 7.54. The summed E-state index contributed by atoms with van der Waals surface area (Å²) in [6.45, 7) is 6.57. The minimum absolute atomic E-state index is 0. The number of nitriles is 1. The number of nitrogens with zero attached hydrogens (tertiary/aromatic N) is 3. The molecular weight excluding hydrogens is 399 g/mol. The summed E-state index contributed by atoms with van der Waals surface area (Å²) in [6, 6.07) is 16.9. The Morgan fingerprint density at radius 2 is 1.70 bits per heavy atom. The lowest BCUT2D eigenvalue weighted by Crippen LogP contribution is -2.44. The molecule has 1 N–H and O–H groups in total. The lowest BCUT2D eigenvalue weighted by Gasteiger charge is -2.34. The second kappa shape index (κ2) is 10.2. The standard InChI is InChI=1S/C20H22N4S.2ClH/c21-15-16-6-7-20-18(14-16)24(17-4-1-2-5-19(17)25-20)11-3-10-23-12-8-22-9-13-23;;/h1-2,4-7,14,22H,3,8-13H2;2*1H. The SMILES string of the molecule is Cl.Cl.N#Cc1ccc2c(c1)N(CCCN1CCNCC1)c1ccccc1S2. The van der Waals surface area contributed by atoms with Gasteiger partial charge in [0.1, 0.15) is 0 Å². The Bertz CT molecular complexity index is 803. The summed E-state index contributed by atoms with van der Waals surface area (Å²) in [4.78, 5) is 7.46. The van der Waals surface area contributed by atoms with Crippen molar-refractivity contribution in [3.8, 4) is 6.07 Å². The Kier molecular flexibility index (Phi) is 8.28. The van der Waals surface area contributed by atoms with Gasteiger partial charge in [-0.1, -0.05) is 23.9 Å². The maximum atomic E-state index is 9.28. The molecule has 2 aromatic rings. The highest BCUT2D eigenvalue weighted by Gasteiger charge is 2.23. The van der Waals surface area contributed by atoms with Crippen LogP contribution in [0.4, 0.5) is 11.4 Å². The molecule has 2 aromatic carbocycles. The zero-order valence-electron chi connectivity index (χ0n) is 15.1. The van der Waals surface area contributed by atoms with Gasteiger partial charge in [0.15, 0.2) is 0 Å². The van der Waals surface area contributed by atoms with Gasteiger partial charge >= 0.3 is 0 Å². The molecule has 4 rings (SSSR count). The molecule has 2 heterocycles. The van der Waals surface area contributed by atoms with Gasteiger partial charge in [0.2, 0.25) is 0 Å². The number of anilines is 2. The number of para-hydroxylation sites is 1. The highest BCUT2D eigenvalue weighted by Crippen LogP contribution is 2.48. The minimum atomic E-state index is 0. The first-order chi connectivity index (χ1) is 12.3. The highest BCUT2D eigenvalue weighted by molar-refractivity contribution is 7.99. The van der Waals surface area contributed by atoms with Crippen LogP contribution in [-0.2, 0) is 0 Å². The fraction of sp³-hybridized carbons (Fsp3) is 0.350. The van der Waals surface area contributed by atoms with Gasteiger partial charge in [-0.05, 0) is 43.3 Å². The zero-order chi connectivity index (χ0) is 17.1. The maximum Gasteiger partial charge on any atom is 0.0992 e. The molecular formula is C20H24Cl2N4S. The van der Waals surface area contributed by atoms with Crippen LogP contribution in [0, 0.1) is 11.3 Å². The number of rotatable bonds is 4. The fourth-order valence-corrected chi connectivity index (χ4v) is 4.60. The first-order valence-electron chi connectivity index (χ1n) is 8.87. The summed E-state index contributed by atoms with van der Waals surface area (Å²) >= 11 is 1.80. The molecule has 0 spiro atoms. The minimum Gasteiger partial charge on any atom is -0.340 e. The van der Waals surface area contributed by atoms with Crippen LogP contribution in [0.5, 0.6) is 0 Å². The molecule has 1 fully saturated rings. The number of nitrogens with one attached hydrogen (secondary N) is 1. The van der Waals surface area contributed by atoms with Gasteiger partial charge in [-0.15, -0.1) is 24.8 Å². The third-order valence-corrected chi connectivity index (χ3v) is 5.95. The Labute approximate surface area is 177 Å². The van der Waals surface area contributed by atoms with Crippen molar-refractivity contribution in [1.82, 2.24) is 10.2 Å². The molecule has 2 aliphatic rings. The number of piperazine rings is 1. The van der Waals surface area contributed by atoms with E-state index in [1.165, 1.54) is 21.2 Å². The second-order valence-electron chi connectivity index (χ2n) is 6.46. The highest BCUT2D eigenvalue weighted by atomic mass is 35.5.